The summed E-state index contributed by atoms with van der Waals surface area (Å²) in [5.41, 5.74) is 1.12. The number of nitrogens with zero attached hydrogens (tertiary/aromatic N) is 3. The zero-order valence-corrected chi connectivity index (χ0v) is 14.5. The standard InChI is InChI=1S/C16H20ClN3OS/c1-3-16(2)11-20(8-9-21-16)15-19-18-14(22-15)10-12-4-6-13(17)7-5-12/h4-7H,3,8-11H2,1-2H3. The van der Waals surface area contributed by atoms with E-state index in [1.165, 1.54) is 5.56 Å². The number of benzene rings is 1. The molecule has 2 aromatic rings. The van der Waals surface area contributed by atoms with Crippen LogP contribution in [0.1, 0.15) is 30.8 Å². The molecule has 0 N–H and O–H groups in total. The average Bonchev–Trinajstić information content (AvgIpc) is 2.98. The Labute approximate surface area is 140 Å². The van der Waals surface area contributed by atoms with Crippen LogP contribution >= 0.6 is 22.9 Å². The highest BCUT2D eigenvalue weighted by Crippen LogP contribution is 2.28. The fourth-order valence-corrected chi connectivity index (χ4v) is 3.55. The van der Waals surface area contributed by atoms with Crippen molar-refractivity contribution in [1.82, 2.24) is 10.2 Å². The largest absolute Gasteiger partial charge is 0.372 e. The van der Waals surface area contributed by atoms with E-state index >= 15 is 0 Å². The molecule has 0 amide bonds. The fourth-order valence-electron chi connectivity index (χ4n) is 2.53. The summed E-state index contributed by atoms with van der Waals surface area (Å²) in [6.45, 7) is 6.82. The van der Waals surface area contributed by atoms with Crippen molar-refractivity contribution in [2.45, 2.75) is 32.3 Å². The van der Waals surface area contributed by atoms with Gasteiger partial charge in [-0.3, -0.25) is 0 Å². The van der Waals surface area contributed by atoms with E-state index in [2.05, 4.69) is 28.9 Å². The predicted molar refractivity (Wildman–Crippen MR) is 91.0 cm³/mol. The molecular weight excluding hydrogens is 318 g/mol. The lowest BCUT2D eigenvalue weighted by Gasteiger charge is -2.39. The summed E-state index contributed by atoms with van der Waals surface area (Å²) in [5.74, 6) is 0. The quantitative estimate of drug-likeness (QED) is 0.850. The van der Waals surface area contributed by atoms with Crippen molar-refractivity contribution in [1.29, 1.82) is 0 Å². The van der Waals surface area contributed by atoms with Gasteiger partial charge in [-0.2, -0.15) is 0 Å². The van der Waals surface area contributed by atoms with Crippen molar-refractivity contribution in [3.8, 4) is 0 Å². The molecule has 1 saturated heterocycles. The Hall–Kier alpha value is -1.17. The highest BCUT2D eigenvalue weighted by atomic mass is 35.5. The first-order chi connectivity index (χ1) is 10.6. The van der Waals surface area contributed by atoms with Gasteiger partial charge in [0, 0.05) is 24.5 Å². The molecule has 0 spiro atoms. The molecule has 1 unspecified atom stereocenters. The number of halogens is 1. The highest BCUT2D eigenvalue weighted by molar-refractivity contribution is 7.15. The SMILES string of the molecule is CCC1(C)CN(c2nnc(Cc3ccc(Cl)cc3)s2)CCO1. The predicted octanol–water partition coefficient (Wildman–Crippen LogP) is 3.79. The van der Waals surface area contributed by atoms with Gasteiger partial charge < -0.3 is 9.64 Å². The summed E-state index contributed by atoms with van der Waals surface area (Å²) < 4.78 is 5.88. The van der Waals surface area contributed by atoms with Crippen LogP contribution in [0.5, 0.6) is 0 Å². The third kappa shape index (κ3) is 3.59. The molecule has 6 heteroatoms. The van der Waals surface area contributed by atoms with Crippen LogP contribution < -0.4 is 4.90 Å². The van der Waals surface area contributed by atoms with Crippen LogP contribution in [0.15, 0.2) is 24.3 Å². The average molecular weight is 338 g/mol. The van der Waals surface area contributed by atoms with Gasteiger partial charge in [0.25, 0.3) is 0 Å². The summed E-state index contributed by atoms with van der Waals surface area (Å²) in [5, 5.41) is 11.5. The van der Waals surface area contributed by atoms with Gasteiger partial charge >= 0.3 is 0 Å². The van der Waals surface area contributed by atoms with Gasteiger partial charge in [-0.1, -0.05) is 42.0 Å². The minimum Gasteiger partial charge on any atom is -0.372 e. The van der Waals surface area contributed by atoms with E-state index in [0.29, 0.717) is 0 Å². The molecule has 0 saturated carbocycles. The molecule has 0 bridgehead atoms. The minimum atomic E-state index is -0.0831. The maximum absolute atomic E-state index is 5.92. The van der Waals surface area contributed by atoms with Crippen molar-refractivity contribution in [3.05, 3.63) is 39.9 Å². The zero-order chi connectivity index (χ0) is 15.6. The Balaban J connectivity index is 1.69. The molecule has 0 aliphatic carbocycles. The topological polar surface area (TPSA) is 38.2 Å². The van der Waals surface area contributed by atoms with E-state index in [4.69, 9.17) is 16.3 Å². The van der Waals surface area contributed by atoms with E-state index in [-0.39, 0.29) is 5.60 Å². The van der Waals surface area contributed by atoms with E-state index in [0.717, 1.165) is 47.7 Å². The molecule has 0 radical (unpaired) electrons. The lowest BCUT2D eigenvalue weighted by Crippen LogP contribution is -2.49. The first kappa shape index (κ1) is 15.7. The van der Waals surface area contributed by atoms with E-state index in [1.807, 2.05) is 24.3 Å². The molecule has 3 rings (SSSR count). The summed E-state index contributed by atoms with van der Waals surface area (Å²) in [6.07, 6.45) is 1.80. The van der Waals surface area contributed by atoms with Gasteiger partial charge in [0.1, 0.15) is 5.01 Å². The molecule has 1 aromatic carbocycles. The highest BCUT2D eigenvalue weighted by Gasteiger charge is 2.31. The Morgan fingerprint density at radius 3 is 2.82 bits per heavy atom. The minimum absolute atomic E-state index is 0.0831. The third-order valence-corrected chi connectivity index (χ3v) is 5.32. The maximum atomic E-state index is 5.92. The molecule has 1 aliphatic heterocycles. The lowest BCUT2D eigenvalue weighted by molar-refractivity contribution is -0.0441. The van der Waals surface area contributed by atoms with Gasteiger partial charge in [-0.15, -0.1) is 10.2 Å². The van der Waals surface area contributed by atoms with Crippen LogP contribution in [-0.2, 0) is 11.2 Å². The molecule has 2 heterocycles. The van der Waals surface area contributed by atoms with Gasteiger partial charge in [-0.25, -0.2) is 0 Å². The Morgan fingerprint density at radius 1 is 1.32 bits per heavy atom. The van der Waals surface area contributed by atoms with Crippen molar-refractivity contribution in [3.63, 3.8) is 0 Å². The first-order valence-corrected chi connectivity index (χ1v) is 8.73. The Bertz CT molecular complexity index is 631. The number of anilines is 1. The van der Waals surface area contributed by atoms with Crippen LogP contribution in [0.3, 0.4) is 0 Å². The molecule has 1 atom stereocenters. The van der Waals surface area contributed by atoms with Crippen LogP contribution in [0, 0.1) is 0 Å². The second-order valence-electron chi connectivity index (χ2n) is 5.86. The molecule has 118 valence electrons. The molecule has 22 heavy (non-hydrogen) atoms. The van der Waals surface area contributed by atoms with Crippen LogP contribution in [0.2, 0.25) is 5.02 Å². The smallest absolute Gasteiger partial charge is 0.208 e. The van der Waals surface area contributed by atoms with Crippen molar-refractivity contribution in [2.75, 3.05) is 24.6 Å². The third-order valence-electron chi connectivity index (χ3n) is 4.08. The van der Waals surface area contributed by atoms with E-state index in [1.54, 1.807) is 11.3 Å². The Kier molecular flexibility index (Phi) is 4.66. The van der Waals surface area contributed by atoms with Gasteiger partial charge in [0.05, 0.1) is 12.2 Å². The monoisotopic (exact) mass is 337 g/mol. The summed E-state index contributed by atoms with van der Waals surface area (Å²) in [7, 11) is 0. The molecular formula is C16H20ClN3OS. The fraction of sp³-hybridized carbons (Fsp3) is 0.500. The van der Waals surface area contributed by atoms with Crippen LogP contribution in [-0.4, -0.2) is 35.5 Å². The molecule has 4 nitrogen and oxygen atoms in total. The van der Waals surface area contributed by atoms with Gasteiger partial charge in [0.2, 0.25) is 5.13 Å². The number of aromatic nitrogens is 2. The summed E-state index contributed by atoms with van der Waals surface area (Å²) >= 11 is 7.58. The normalized spacial score (nSPS) is 22.0. The van der Waals surface area contributed by atoms with E-state index in [9.17, 15) is 0 Å². The molecule has 1 aliphatic rings. The number of ether oxygens (including phenoxy) is 1. The number of rotatable bonds is 4. The summed E-state index contributed by atoms with van der Waals surface area (Å²) in [4.78, 5) is 2.29. The van der Waals surface area contributed by atoms with Crippen molar-refractivity contribution >= 4 is 28.1 Å². The zero-order valence-electron chi connectivity index (χ0n) is 12.9. The van der Waals surface area contributed by atoms with Gasteiger partial charge in [-0.05, 0) is 31.0 Å². The molecule has 1 fully saturated rings. The number of hydrogen-bond donors (Lipinski definition) is 0. The lowest BCUT2D eigenvalue weighted by atomic mass is 10.0. The second kappa shape index (κ2) is 6.52. The van der Waals surface area contributed by atoms with Gasteiger partial charge in [0.15, 0.2) is 0 Å². The van der Waals surface area contributed by atoms with Crippen LogP contribution in [0.4, 0.5) is 5.13 Å². The maximum Gasteiger partial charge on any atom is 0.208 e. The number of hydrogen-bond acceptors (Lipinski definition) is 5. The van der Waals surface area contributed by atoms with E-state index < -0.39 is 0 Å². The van der Waals surface area contributed by atoms with Crippen molar-refractivity contribution < 1.29 is 4.74 Å². The number of morpholine rings is 1. The van der Waals surface area contributed by atoms with Crippen LogP contribution in [0.25, 0.3) is 0 Å². The first-order valence-electron chi connectivity index (χ1n) is 7.54. The Morgan fingerprint density at radius 2 is 2.09 bits per heavy atom. The van der Waals surface area contributed by atoms with Crippen molar-refractivity contribution in [2.24, 2.45) is 0 Å². The molecule has 1 aromatic heterocycles. The summed E-state index contributed by atoms with van der Waals surface area (Å²) in [6, 6.07) is 7.89. The second-order valence-corrected chi connectivity index (χ2v) is 7.33.